The Morgan fingerprint density at radius 1 is 1.00 bits per heavy atom. The molecule has 4 aromatic rings. The number of nitrogens with one attached hydrogen (secondary N) is 2. The van der Waals surface area contributed by atoms with E-state index in [-0.39, 0.29) is 17.1 Å². The van der Waals surface area contributed by atoms with E-state index in [1.54, 1.807) is 40.9 Å². The smallest absolute Gasteiger partial charge is 0.271 e. The predicted octanol–water partition coefficient (Wildman–Crippen LogP) is 2.28. The van der Waals surface area contributed by atoms with Crippen molar-refractivity contribution in [2.75, 3.05) is 24.4 Å². The lowest BCUT2D eigenvalue weighted by molar-refractivity contribution is 0.0838. The molecule has 5 rings (SSSR count). The minimum atomic E-state index is -3.73. The van der Waals surface area contributed by atoms with Crippen molar-refractivity contribution in [3.63, 3.8) is 0 Å². The number of benzene rings is 2. The summed E-state index contributed by atoms with van der Waals surface area (Å²) in [6, 6.07) is 19.6. The summed E-state index contributed by atoms with van der Waals surface area (Å²) in [4.78, 5) is 19.3. The van der Waals surface area contributed by atoms with Gasteiger partial charge in [0.2, 0.25) is 0 Å². The number of fused-ring (bicyclic) bond motifs is 2. The van der Waals surface area contributed by atoms with Crippen LogP contribution in [0.5, 0.6) is 0 Å². The predicted molar refractivity (Wildman–Crippen MR) is 136 cm³/mol. The second kappa shape index (κ2) is 10.1. The summed E-state index contributed by atoms with van der Waals surface area (Å²) in [6.07, 6.45) is 3.32. The normalized spacial score (nSPS) is 14.8. The highest BCUT2D eigenvalue weighted by Gasteiger charge is 2.20. The number of β-amino-alcohol motifs (C(OH)–C–C–N with tert-alkyl or cyclic N) is 1. The van der Waals surface area contributed by atoms with Crippen molar-refractivity contribution in [3.8, 4) is 0 Å². The lowest BCUT2D eigenvalue weighted by Gasteiger charge is -2.30. The Kier molecular flexibility index (Phi) is 6.73. The maximum Gasteiger partial charge on any atom is 0.271 e. The lowest BCUT2D eigenvalue weighted by Crippen LogP contribution is -2.42. The van der Waals surface area contributed by atoms with Gasteiger partial charge in [0.1, 0.15) is 11.3 Å². The number of imidazole rings is 1. The molecule has 3 N–H and O–H groups in total. The van der Waals surface area contributed by atoms with Gasteiger partial charge in [-0.15, -0.1) is 0 Å². The van der Waals surface area contributed by atoms with Gasteiger partial charge in [0.15, 0.2) is 0 Å². The first kappa shape index (κ1) is 24.0. The highest BCUT2D eigenvalue weighted by atomic mass is 32.2. The van der Waals surface area contributed by atoms with Gasteiger partial charge in [-0.1, -0.05) is 42.5 Å². The second-order valence-corrected chi connectivity index (χ2v) is 10.5. The van der Waals surface area contributed by atoms with Crippen LogP contribution in [0.2, 0.25) is 0 Å². The summed E-state index contributed by atoms with van der Waals surface area (Å²) in [5.41, 5.74) is 3.64. The lowest BCUT2D eigenvalue weighted by atomic mass is 10.00. The first-order chi connectivity index (χ1) is 17.4. The Balaban J connectivity index is 1.18. The quantitative estimate of drug-likeness (QED) is 0.338. The van der Waals surface area contributed by atoms with Crippen molar-refractivity contribution in [2.24, 2.45) is 0 Å². The van der Waals surface area contributed by atoms with Gasteiger partial charge in [-0.3, -0.25) is 14.4 Å². The van der Waals surface area contributed by atoms with Crippen LogP contribution < -0.4 is 10.0 Å². The Hall–Kier alpha value is -3.73. The SMILES string of the molecule is O=C(NCC(O)CN1CCc2ccccc2C1)c1cn2cc(NS(=O)(=O)c3ccccc3)ccc2n1. The number of carbonyl (C=O) groups excluding carboxylic acids is 1. The van der Waals surface area contributed by atoms with Crippen molar-refractivity contribution in [1.29, 1.82) is 0 Å². The standard InChI is InChI=1S/C26H27N5O4S/c32-22(17-30-13-12-19-6-4-5-7-20(19)15-30)14-27-26(33)24-18-31-16-21(10-11-25(31)28-24)29-36(34,35)23-8-2-1-3-9-23/h1-11,16,18,22,29,32H,12-15,17H2,(H,27,33). The summed E-state index contributed by atoms with van der Waals surface area (Å²) in [5, 5.41) is 13.2. The highest BCUT2D eigenvalue weighted by Crippen LogP contribution is 2.19. The van der Waals surface area contributed by atoms with E-state index < -0.39 is 22.0 Å². The largest absolute Gasteiger partial charge is 0.390 e. The van der Waals surface area contributed by atoms with E-state index in [1.807, 2.05) is 12.1 Å². The molecule has 2 aromatic heterocycles. The van der Waals surface area contributed by atoms with Crippen LogP contribution in [0.4, 0.5) is 5.69 Å². The van der Waals surface area contributed by atoms with Crippen LogP contribution in [0.1, 0.15) is 21.6 Å². The minimum Gasteiger partial charge on any atom is -0.390 e. The molecule has 36 heavy (non-hydrogen) atoms. The van der Waals surface area contributed by atoms with Crippen molar-refractivity contribution >= 4 is 27.3 Å². The van der Waals surface area contributed by atoms with Gasteiger partial charge in [-0.25, -0.2) is 13.4 Å². The number of hydrogen-bond acceptors (Lipinski definition) is 6. The van der Waals surface area contributed by atoms with Gasteiger partial charge in [0, 0.05) is 38.6 Å². The van der Waals surface area contributed by atoms with Gasteiger partial charge in [-0.2, -0.15) is 0 Å². The molecule has 0 saturated carbocycles. The summed E-state index contributed by atoms with van der Waals surface area (Å²) < 4.78 is 29.3. The summed E-state index contributed by atoms with van der Waals surface area (Å²) >= 11 is 0. The first-order valence-electron chi connectivity index (χ1n) is 11.7. The van der Waals surface area contributed by atoms with Crippen molar-refractivity contribution in [2.45, 2.75) is 24.0 Å². The molecule has 0 spiro atoms. The zero-order chi connectivity index (χ0) is 25.1. The van der Waals surface area contributed by atoms with Crippen LogP contribution in [0, 0.1) is 0 Å². The number of rotatable bonds is 8. The zero-order valence-electron chi connectivity index (χ0n) is 19.5. The number of carbonyl (C=O) groups is 1. The molecule has 1 amide bonds. The van der Waals surface area contributed by atoms with Crippen LogP contribution in [0.25, 0.3) is 5.65 Å². The third-order valence-corrected chi connectivity index (χ3v) is 7.56. The number of anilines is 1. The van der Waals surface area contributed by atoms with E-state index in [1.165, 1.54) is 29.5 Å². The zero-order valence-corrected chi connectivity index (χ0v) is 20.4. The fraction of sp³-hybridized carbons (Fsp3) is 0.231. The summed E-state index contributed by atoms with van der Waals surface area (Å²) in [6.45, 7) is 2.21. The molecule has 0 radical (unpaired) electrons. The molecule has 1 aliphatic heterocycles. The number of aliphatic hydroxyl groups excluding tert-OH is 1. The Morgan fingerprint density at radius 3 is 2.56 bits per heavy atom. The number of pyridine rings is 1. The van der Waals surface area contributed by atoms with E-state index in [0.717, 1.165) is 19.5 Å². The molecule has 2 aromatic carbocycles. The Morgan fingerprint density at radius 2 is 1.75 bits per heavy atom. The van der Waals surface area contributed by atoms with E-state index in [9.17, 15) is 18.3 Å². The monoisotopic (exact) mass is 505 g/mol. The fourth-order valence-electron chi connectivity index (χ4n) is 4.35. The van der Waals surface area contributed by atoms with Crippen molar-refractivity contribution in [1.82, 2.24) is 19.6 Å². The van der Waals surface area contributed by atoms with Crippen LogP contribution >= 0.6 is 0 Å². The molecule has 0 saturated heterocycles. The molecule has 0 fully saturated rings. The maximum atomic E-state index is 12.7. The molecule has 0 aliphatic carbocycles. The number of aromatic nitrogens is 2. The third-order valence-electron chi connectivity index (χ3n) is 6.17. The molecule has 9 nitrogen and oxygen atoms in total. The van der Waals surface area contributed by atoms with Gasteiger partial charge < -0.3 is 14.8 Å². The van der Waals surface area contributed by atoms with Gasteiger partial charge in [-0.05, 0) is 41.8 Å². The van der Waals surface area contributed by atoms with Crippen molar-refractivity contribution < 1.29 is 18.3 Å². The summed E-state index contributed by atoms with van der Waals surface area (Å²) in [5.74, 6) is -0.409. The number of hydrogen-bond donors (Lipinski definition) is 3. The van der Waals surface area contributed by atoms with Crippen molar-refractivity contribution in [3.05, 3.63) is 95.9 Å². The number of sulfonamides is 1. The average Bonchev–Trinajstić information content (AvgIpc) is 3.31. The van der Waals surface area contributed by atoms with E-state index in [2.05, 4.69) is 32.1 Å². The topological polar surface area (TPSA) is 116 Å². The molecule has 10 heteroatoms. The van der Waals surface area contributed by atoms with Gasteiger partial charge in [0.25, 0.3) is 15.9 Å². The van der Waals surface area contributed by atoms with E-state index in [4.69, 9.17) is 0 Å². The first-order valence-corrected chi connectivity index (χ1v) is 13.2. The average molecular weight is 506 g/mol. The molecule has 1 atom stereocenters. The third kappa shape index (κ3) is 5.40. The molecule has 1 aliphatic rings. The molecule has 0 bridgehead atoms. The molecular weight excluding hydrogens is 478 g/mol. The van der Waals surface area contributed by atoms with Crippen LogP contribution in [-0.2, 0) is 23.0 Å². The Bertz CT molecular complexity index is 1490. The number of amides is 1. The van der Waals surface area contributed by atoms with Gasteiger partial charge in [0.05, 0.1) is 16.7 Å². The van der Waals surface area contributed by atoms with Gasteiger partial charge >= 0.3 is 0 Å². The summed E-state index contributed by atoms with van der Waals surface area (Å²) in [7, 11) is -3.73. The van der Waals surface area contributed by atoms with Crippen LogP contribution in [0.3, 0.4) is 0 Å². The van der Waals surface area contributed by atoms with Crippen LogP contribution in [-0.4, -0.2) is 59.5 Å². The molecular formula is C26H27N5O4S. The highest BCUT2D eigenvalue weighted by molar-refractivity contribution is 7.92. The van der Waals surface area contributed by atoms with Crippen LogP contribution in [0.15, 0.2) is 84.0 Å². The number of aliphatic hydroxyl groups is 1. The molecule has 3 heterocycles. The van der Waals surface area contributed by atoms with E-state index >= 15 is 0 Å². The fourth-order valence-corrected chi connectivity index (χ4v) is 5.41. The van der Waals surface area contributed by atoms with E-state index in [0.29, 0.717) is 17.9 Å². The minimum absolute atomic E-state index is 0.104. The maximum absolute atomic E-state index is 12.7. The molecule has 186 valence electrons. The molecule has 1 unspecified atom stereocenters. The second-order valence-electron chi connectivity index (χ2n) is 8.85. The Labute approximate surface area is 209 Å². The number of nitrogens with zero attached hydrogens (tertiary/aromatic N) is 3.